The summed E-state index contributed by atoms with van der Waals surface area (Å²) in [5.74, 6) is 0.617. The summed E-state index contributed by atoms with van der Waals surface area (Å²) in [4.78, 5) is 32.2. The van der Waals surface area contributed by atoms with Gasteiger partial charge in [0.05, 0.1) is 5.69 Å². The van der Waals surface area contributed by atoms with Gasteiger partial charge >= 0.3 is 0 Å². The zero-order chi connectivity index (χ0) is 20.4. The lowest BCUT2D eigenvalue weighted by Crippen LogP contribution is -2.30. The Morgan fingerprint density at radius 2 is 1.93 bits per heavy atom. The van der Waals surface area contributed by atoms with Crippen molar-refractivity contribution in [3.8, 4) is 11.3 Å². The minimum absolute atomic E-state index is 0.0121. The van der Waals surface area contributed by atoms with Gasteiger partial charge in [-0.1, -0.05) is 30.3 Å². The van der Waals surface area contributed by atoms with Crippen molar-refractivity contribution in [1.29, 1.82) is 0 Å². The molecule has 29 heavy (non-hydrogen) atoms. The molecule has 6 heteroatoms. The average molecular weight is 407 g/mol. The van der Waals surface area contributed by atoms with Gasteiger partial charge in [-0.2, -0.15) is 0 Å². The van der Waals surface area contributed by atoms with Gasteiger partial charge in [-0.25, -0.2) is 4.98 Å². The van der Waals surface area contributed by atoms with Crippen molar-refractivity contribution in [2.75, 3.05) is 11.4 Å². The van der Waals surface area contributed by atoms with Gasteiger partial charge in [0.1, 0.15) is 5.76 Å². The average Bonchev–Trinajstić information content (AvgIpc) is 3.38. The number of thiazole rings is 1. The predicted molar refractivity (Wildman–Crippen MR) is 115 cm³/mol. The highest BCUT2D eigenvalue weighted by Crippen LogP contribution is 2.33. The molecule has 0 atom stereocenters. The topological polar surface area (TPSA) is 63.4 Å². The maximum absolute atomic E-state index is 13.1. The lowest BCUT2D eigenvalue weighted by atomic mass is 10.0. The van der Waals surface area contributed by atoms with Crippen molar-refractivity contribution < 1.29 is 14.0 Å². The molecule has 0 radical (unpaired) electrons. The van der Waals surface area contributed by atoms with E-state index in [4.69, 9.17) is 9.40 Å². The number of carbonyl (C=O) groups excluding carboxylic acids is 2. The van der Waals surface area contributed by atoms with Gasteiger partial charge < -0.3 is 4.42 Å². The molecule has 0 N–H and O–H groups in total. The molecule has 0 unspecified atom stereocenters. The van der Waals surface area contributed by atoms with E-state index >= 15 is 0 Å². The molecule has 1 aliphatic rings. The number of ketones is 1. The number of Topliss-reactive ketones (excluding diaryl/α,β-unsaturated/α-hetero) is 1. The Bertz CT molecular complexity index is 1040. The number of hydrogen-bond donors (Lipinski definition) is 0. The molecule has 1 aromatic carbocycles. The van der Waals surface area contributed by atoms with Gasteiger partial charge in [-0.3, -0.25) is 14.5 Å². The first-order valence-corrected chi connectivity index (χ1v) is 10.5. The lowest BCUT2D eigenvalue weighted by molar-refractivity contribution is 0.0963. The molecule has 2 heterocycles. The second-order valence-electron chi connectivity index (χ2n) is 7.08. The third-order valence-electron chi connectivity index (χ3n) is 5.01. The molecule has 148 valence electrons. The van der Waals surface area contributed by atoms with Gasteiger partial charge in [0, 0.05) is 22.5 Å². The van der Waals surface area contributed by atoms with Crippen molar-refractivity contribution in [1.82, 2.24) is 4.98 Å². The van der Waals surface area contributed by atoms with Gasteiger partial charge in [-0.15, -0.1) is 17.9 Å². The second-order valence-corrected chi connectivity index (χ2v) is 8.14. The maximum Gasteiger partial charge on any atom is 0.296 e. The summed E-state index contributed by atoms with van der Waals surface area (Å²) in [6.07, 6.45) is 6.03. The number of anilines is 1. The summed E-state index contributed by atoms with van der Waals surface area (Å²) >= 11 is 1.59. The summed E-state index contributed by atoms with van der Waals surface area (Å²) in [7, 11) is 0. The standard InChI is InChI=1S/C23H22N2O3S/c1-3-14-25(23-24-18-6-4-5-7-21(18)29-23)22(27)20-13-12-19(28-20)17-10-8-16(9-11-17)15(2)26/h3,8-13H,1,4-7,14H2,2H3. The SMILES string of the molecule is C=CCN(C(=O)c1ccc(-c2ccc(C(C)=O)cc2)o1)c1nc2c(s1)CCCC2. The van der Waals surface area contributed by atoms with Crippen molar-refractivity contribution in [3.63, 3.8) is 0 Å². The molecule has 5 nitrogen and oxygen atoms in total. The predicted octanol–water partition coefficient (Wildman–Crippen LogP) is 5.32. The molecule has 0 saturated heterocycles. The molecule has 0 bridgehead atoms. The van der Waals surface area contributed by atoms with E-state index in [1.54, 1.807) is 46.6 Å². The Kier molecular flexibility index (Phi) is 5.45. The zero-order valence-corrected chi connectivity index (χ0v) is 17.1. The first-order chi connectivity index (χ1) is 14.1. The molecule has 1 aliphatic carbocycles. The molecule has 3 aromatic rings. The van der Waals surface area contributed by atoms with Gasteiger partial charge in [0.15, 0.2) is 16.7 Å². The molecule has 0 saturated carbocycles. The van der Waals surface area contributed by atoms with E-state index in [9.17, 15) is 9.59 Å². The van der Waals surface area contributed by atoms with Crippen molar-refractivity contribution >= 4 is 28.2 Å². The first kappa shape index (κ1) is 19.3. The van der Waals surface area contributed by atoms with Crippen molar-refractivity contribution in [3.05, 3.63) is 70.9 Å². The lowest BCUT2D eigenvalue weighted by Gasteiger charge is -2.16. The minimum Gasteiger partial charge on any atom is -0.451 e. The second kappa shape index (κ2) is 8.17. The van der Waals surface area contributed by atoms with Crippen molar-refractivity contribution in [2.24, 2.45) is 0 Å². The van der Waals surface area contributed by atoms with E-state index in [1.165, 1.54) is 18.2 Å². The Hall–Kier alpha value is -2.99. The van der Waals surface area contributed by atoms with Gasteiger partial charge in [0.25, 0.3) is 5.91 Å². The Labute approximate surface area is 173 Å². The number of furan rings is 1. The highest BCUT2D eigenvalue weighted by atomic mass is 32.1. The summed E-state index contributed by atoms with van der Waals surface area (Å²) in [6.45, 7) is 5.68. The molecule has 0 aliphatic heterocycles. The normalized spacial score (nSPS) is 13.0. The van der Waals surface area contributed by atoms with Gasteiger partial charge in [0.2, 0.25) is 0 Å². The number of rotatable bonds is 6. The highest BCUT2D eigenvalue weighted by Gasteiger charge is 2.25. The monoisotopic (exact) mass is 406 g/mol. The Morgan fingerprint density at radius 3 is 2.62 bits per heavy atom. The zero-order valence-electron chi connectivity index (χ0n) is 16.3. The quantitative estimate of drug-likeness (QED) is 0.411. The van der Waals surface area contributed by atoms with Crippen LogP contribution >= 0.6 is 11.3 Å². The maximum atomic E-state index is 13.1. The Morgan fingerprint density at radius 1 is 1.17 bits per heavy atom. The van der Waals surface area contributed by atoms with E-state index in [0.29, 0.717) is 23.0 Å². The number of amides is 1. The first-order valence-electron chi connectivity index (χ1n) is 9.69. The fraction of sp³-hybridized carbons (Fsp3) is 0.261. The number of hydrogen-bond acceptors (Lipinski definition) is 5. The molecular weight excluding hydrogens is 384 g/mol. The number of nitrogens with zero attached hydrogens (tertiary/aromatic N) is 2. The number of benzene rings is 1. The van der Waals surface area contributed by atoms with Crippen molar-refractivity contribution in [2.45, 2.75) is 32.6 Å². The van der Waals surface area contributed by atoms with Crippen LogP contribution in [0, 0.1) is 0 Å². The highest BCUT2D eigenvalue weighted by molar-refractivity contribution is 7.16. The van der Waals surface area contributed by atoms with Crippen LogP contribution in [0.25, 0.3) is 11.3 Å². The summed E-state index contributed by atoms with van der Waals surface area (Å²) in [5, 5.41) is 0.700. The van der Waals surface area contributed by atoms with Crippen LogP contribution in [0.5, 0.6) is 0 Å². The third kappa shape index (κ3) is 3.93. The number of aryl methyl sites for hydroxylation is 2. The van der Waals surface area contributed by atoms with E-state index in [1.807, 2.05) is 12.1 Å². The minimum atomic E-state index is -0.234. The van der Waals surface area contributed by atoms with Crippen LogP contribution < -0.4 is 4.90 Å². The molecule has 4 rings (SSSR count). The summed E-state index contributed by atoms with van der Waals surface area (Å²) < 4.78 is 5.85. The smallest absolute Gasteiger partial charge is 0.296 e. The van der Waals surface area contributed by atoms with E-state index in [-0.39, 0.29) is 17.5 Å². The Balaban J connectivity index is 1.59. The fourth-order valence-electron chi connectivity index (χ4n) is 3.44. The molecule has 0 spiro atoms. The number of aromatic nitrogens is 1. The number of fused-ring (bicyclic) bond motifs is 1. The van der Waals surface area contributed by atoms with E-state index in [2.05, 4.69) is 6.58 Å². The molecule has 1 amide bonds. The van der Waals surface area contributed by atoms with Crippen LogP contribution in [0.15, 0.2) is 53.5 Å². The van der Waals surface area contributed by atoms with E-state index in [0.717, 1.165) is 30.5 Å². The van der Waals surface area contributed by atoms with Crippen LogP contribution in [0.2, 0.25) is 0 Å². The number of carbonyl (C=O) groups is 2. The van der Waals surface area contributed by atoms with Gasteiger partial charge in [-0.05, 0) is 44.7 Å². The molecular formula is C23H22N2O3S. The molecule has 2 aromatic heterocycles. The van der Waals surface area contributed by atoms with Crippen LogP contribution in [0.1, 0.15) is 51.2 Å². The van der Waals surface area contributed by atoms with Crippen LogP contribution in [0.4, 0.5) is 5.13 Å². The summed E-state index contributed by atoms with van der Waals surface area (Å²) in [6, 6.07) is 10.6. The largest absolute Gasteiger partial charge is 0.451 e. The third-order valence-corrected chi connectivity index (χ3v) is 6.20. The van der Waals surface area contributed by atoms with Crippen LogP contribution in [-0.4, -0.2) is 23.2 Å². The van der Waals surface area contributed by atoms with E-state index < -0.39 is 0 Å². The fourth-order valence-corrected chi connectivity index (χ4v) is 4.60. The summed E-state index contributed by atoms with van der Waals surface area (Å²) in [5.41, 5.74) is 2.57. The van der Waals surface area contributed by atoms with Crippen LogP contribution in [-0.2, 0) is 12.8 Å². The van der Waals surface area contributed by atoms with Crippen LogP contribution in [0.3, 0.4) is 0 Å². The molecule has 0 fully saturated rings.